The fourth-order valence-electron chi connectivity index (χ4n) is 2.52. The van der Waals surface area contributed by atoms with Crippen LogP contribution in [0, 0.1) is 10.1 Å². The molecule has 0 radical (unpaired) electrons. The van der Waals surface area contributed by atoms with Gasteiger partial charge in [-0.1, -0.05) is 25.1 Å². The average molecular weight is 338 g/mol. The van der Waals surface area contributed by atoms with Crippen LogP contribution >= 0.6 is 0 Å². The molecular formula is C18H14N2O5. The molecule has 126 valence electrons. The Hall–Kier alpha value is -3.48. The summed E-state index contributed by atoms with van der Waals surface area (Å²) >= 11 is 0. The normalized spacial score (nSPS) is 10.6. The number of aryl methyl sites for hydroxylation is 1. The van der Waals surface area contributed by atoms with Gasteiger partial charge in [0.1, 0.15) is 11.1 Å². The molecule has 1 amide bonds. The number of nitrogens with zero attached hydrogens (tertiary/aromatic N) is 1. The summed E-state index contributed by atoms with van der Waals surface area (Å²) in [4.78, 5) is 34.9. The molecule has 0 bridgehead atoms. The van der Waals surface area contributed by atoms with Gasteiger partial charge in [-0.15, -0.1) is 0 Å². The van der Waals surface area contributed by atoms with Crippen molar-refractivity contribution in [1.82, 2.24) is 0 Å². The van der Waals surface area contributed by atoms with Gasteiger partial charge in [0, 0.05) is 23.2 Å². The van der Waals surface area contributed by atoms with Gasteiger partial charge in [0.05, 0.1) is 4.92 Å². The van der Waals surface area contributed by atoms with Crippen LogP contribution in [0.15, 0.2) is 57.7 Å². The average Bonchev–Trinajstić information content (AvgIpc) is 2.61. The first-order valence-electron chi connectivity index (χ1n) is 7.61. The molecule has 0 fully saturated rings. The van der Waals surface area contributed by atoms with E-state index in [4.69, 9.17) is 4.42 Å². The number of nitrogens with one attached hydrogen (secondary N) is 1. The van der Waals surface area contributed by atoms with Crippen molar-refractivity contribution >= 4 is 28.3 Å². The molecule has 0 unspecified atom stereocenters. The Morgan fingerprint density at radius 3 is 2.68 bits per heavy atom. The predicted molar refractivity (Wildman–Crippen MR) is 92.9 cm³/mol. The molecule has 0 aliphatic rings. The van der Waals surface area contributed by atoms with E-state index in [1.807, 2.05) is 19.1 Å². The summed E-state index contributed by atoms with van der Waals surface area (Å²) in [6, 6.07) is 12.4. The number of nitro benzene ring substituents is 1. The van der Waals surface area contributed by atoms with E-state index >= 15 is 0 Å². The summed E-state index contributed by atoms with van der Waals surface area (Å²) in [6.45, 7) is 1.95. The van der Waals surface area contributed by atoms with Gasteiger partial charge in [0.25, 0.3) is 11.6 Å². The molecule has 7 nitrogen and oxygen atoms in total. The Morgan fingerprint density at radius 1 is 1.20 bits per heavy atom. The van der Waals surface area contributed by atoms with Crippen LogP contribution in [-0.4, -0.2) is 10.8 Å². The van der Waals surface area contributed by atoms with E-state index in [0.717, 1.165) is 12.0 Å². The van der Waals surface area contributed by atoms with Gasteiger partial charge < -0.3 is 9.73 Å². The van der Waals surface area contributed by atoms with Crippen molar-refractivity contribution < 1.29 is 14.1 Å². The van der Waals surface area contributed by atoms with Crippen molar-refractivity contribution in [2.45, 2.75) is 13.3 Å². The Labute approximate surface area is 142 Å². The van der Waals surface area contributed by atoms with Crippen molar-refractivity contribution in [3.63, 3.8) is 0 Å². The highest BCUT2D eigenvalue weighted by molar-refractivity contribution is 6.05. The molecule has 1 N–H and O–H groups in total. The molecule has 0 aliphatic carbocycles. The largest absolute Gasteiger partial charge is 0.422 e. The van der Waals surface area contributed by atoms with Crippen molar-refractivity contribution in [2.24, 2.45) is 0 Å². The van der Waals surface area contributed by atoms with Gasteiger partial charge in [-0.3, -0.25) is 14.9 Å². The monoisotopic (exact) mass is 338 g/mol. The third-order valence-electron chi connectivity index (χ3n) is 3.82. The molecule has 7 heteroatoms. The highest BCUT2D eigenvalue weighted by Gasteiger charge is 2.16. The summed E-state index contributed by atoms with van der Waals surface area (Å²) in [5, 5.41) is 13.9. The third kappa shape index (κ3) is 3.25. The van der Waals surface area contributed by atoms with E-state index in [1.165, 1.54) is 24.3 Å². The lowest BCUT2D eigenvalue weighted by atomic mass is 10.1. The SMILES string of the molecule is CCc1ccccc1NC(=O)c1cc2cc([N+](=O)[O-])ccc2oc1=O. The van der Waals surface area contributed by atoms with Crippen LogP contribution in [0.25, 0.3) is 11.0 Å². The highest BCUT2D eigenvalue weighted by Crippen LogP contribution is 2.21. The molecule has 0 spiro atoms. The van der Waals surface area contributed by atoms with Crippen molar-refractivity contribution in [3.8, 4) is 0 Å². The van der Waals surface area contributed by atoms with Gasteiger partial charge in [-0.05, 0) is 30.2 Å². The third-order valence-corrected chi connectivity index (χ3v) is 3.82. The zero-order valence-electron chi connectivity index (χ0n) is 13.3. The second-order valence-corrected chi connectivity index (χ2v) is 5.39. The number of carbonyl (C=O) groups is 1. The first-order chi connectivity index (χ1) is 12.0. The molecule has 1 aromatic heterocycles. The topological polar surface area (TPSA) is 102 Å². The molecule has 1 heterocycles. The Balaban J connectivity index is 2.02. The molecule has 3 rings (SSSR count). The summed E-state index contributed by atoms with van der Waals surface area (Å²) in [6.07, 6.45) is 0.717. The highest BCUT2D eigenvalue weighted by atomic mass is 16.6. The van der Waals surface area contributed by atoms with Crippen LogP contribution < -0.4 is 10.9 Å². The quantitative estimate of drug-likeness (QED) is 0.445. The number of amides is 1. The zero-order valence-corrected chi connectivity index (χ0v) is 13.3. The second-order valence-electron chi connectivity index (χ2n) is 5.39. The lowest BCUT2D eigenvalue weighted by molar-refractivity contribution is -0.384. The number of para-hydroxylation sites is 1. The molecular weight excluding hydrogens is 324 g/mol. The first kappa shape index (κ1) is 16.4. The lowest BCUT2D eigenvalue weighted by Gasteiger charge is -2.09. The van der Waals surface area contributed by atoms with Gasteiger partial charge >= 0.3 is 5.63 Å². The van der Waals surface area contributed by atoms with Crippen LogP contribution in [-0.2, 0) is 6.42 Å². The minimum Gasteiger partial charge on any atom is -0.422 e. The van der Waals surface area contributed by atoms with Crippen LogP contribution in [0.3, 0.4) is 0 Å². The molecule has 0 aliphatic heterocycles. The first-order valence-corrected chi connectivity index (χ1v) is 7.61. The number of hydrogen-bond acceptors (Lipinski definition) is 5. The Bertz CT molecular complexity index is 1040. The van der Waals surface area contributed by atoms with Gasteiger partial charge in [0.15, 0.2) is 0 Å². The molecule has 2 aromatic carbocycles. The number of carbonyl (C=O) groups excluding carboxylic acids is 1. The van der Waals surface area contributed by atoms with Crippen molar-refractivity contribution in [2.75, 3.05) is 5.32 Å². The van der Waals surface area contributed by atoms with E-state index in [2.05, 4.69) is 5.32 Å². The minimum atomic E-state index is -0.798. The van der Waals surface area contributed by atoms with Crippen LogP contribution in [0.4, 0.5) is 11.4 Å². The number of rotatable bonds is 4. The number of fused-ring (bicyclic) bond motifs is 1. The fourth-order valence-corrected chi connectivity index (χ4v) is 2.52. The molecule has 25 heavy (non-hydrogen) atoms. The zero-order chi connectivity index (χ0) is 18.0. The van der Waals surface area contributed by atoms with E-state index in [9.17, 15) is 19.7 Å². The van der Waals surface area contributed by atoms with E-state index in [-0.39, 0.29) is 16.8 Å². The van der Waals surface area contributed by atoms with Crippen molar-refractivity contribution in [3.05, 3.63) is 80.2 Å². The van der Waals surface area contributed by atoms with Crippen LogP contribution in [0.1, 0.15) is 22.8 Å². The van der Waals surface area contributed by atoms with E-state index < -0.39 is 16.5 Å². The minimum absolute atomic E-state index is 0.149. The van der Waals surface area contributed by atoms with E-state index in [1.54, 1.807) is 12.1 Å². The molecule has 0 saturated heterocycles. The Kier molecular flexibility index (Phi) is 4.30. The summed E-state index contributed by atoms with van der Waals surface area (Å²) < 4.78 is 5.10. The fraction of sp³-hybridized carbons (Fsp3) is 0.111. The maximum Gasteiger partial charge on any atom is 0.349 e. The lowest BCUT2D eigenvalue weighted by Crippen LogP contribution is -2.21. The second kappa shape index (κ2) is 6.56. The number of nitro groups is 1. The number of hydrogen-bond donors (Lipinski definition) is 1. The van der Waals surface area contributed by atoms with Gasteiger partial charge in [0.2, 0.25) is 0 Å². The number of anilines is 1. The number of benzene rings is 2. The smallest absolute Gasteiger partial charge is 0.349 e. The number of non-ortho nitro benzene ring substituents is 1. The standard InChI is InChI=1S/C18H14N2O5/c1-2-11-5-3-4-6-15(11)19-17(21)14-10-12-9-13(20(23)24)7-8-16(12)25-18(14)22/h3-10H,2H2,1H3,(H,19,21). The molecule has 3 aromatic rings. The maximum atomic E-state index is 12.5. The van der Waals surface area contributed by atoms with Crippen molar-refractivity contribution in [1.29, 1.82) is 0 Å². The van der Waals surface area contributed by atoms with Gasteiger partial charge in [-0.25, -0.2) is 4.79 Å². The van der Waals surface area contributed by atoms with Crippen LogP contribution in [0.5, 0.6) is 0 Å². The van der Waals surface area contributed by atoms with E-state index in [0.29, 0.717) is 11.1 Å². The molecule has 0 atom stereocenters. The maximum absolute atomic E-state index is 12.5. The predicted octanol–water partition coefficient (Wildman–Crippen LogP) is 3.52. The Morgan fingerprint density at radius 2 is 1.96 bits per heavy atom. The summed E-state index contributed by atoms with van der Waals surface area (Å²) in [5.74, 6) is -0.622. The summed E-state index contributed by atoms with van der Waals surface area (Å²) in [7, 11) is 0. The summed E-state index contributed by atoms with van der Waals surface area (Å²) in [5.41, 5.74) is 0.557. The van der Waals surface area contributed by atoms with Gasteiger partial charge in [-0.2, -0.15) is 0 Å². The molecule has 0 saturated carbocycles. The van der Waals surface area contributed by atoms with Crippen LogP contribution in [0.2, 0.25) is 0 Å².